The number of nitrogens with zero attached hydrogens (tertiary/aromatic N) is 7. The predicted molar refractivity (Wildman–Crippen MR) is 346 cm³/mol. The molecule has 6 heterocycles. The van der Waals surface area contributed by atoms with Crippen LogP contribution in [0.2, 0.25) is 0 Å². The number of nitrogens with two attached hydrogens (primary N) is 1. The largest absolute Gasteiger partial charge is 0.510 e. The fraction of sp³-hybridized carbons (Fsp3) is 0.455. The van der Waals surface area contributed by atoms with Gasteiger partial charge in [0.1, 0.15) is 32.2 Å². The van der Waals surface area contributed by atoms with Gasteiger partial charge in [0, 0.05) is 111 Å². The number of cyclic esters (lactones) is 1. The summed E-state index contributed by atoms with van der Waals surface area (Å²) in [5.74, 6) is 2.98. The Labute approximate surface area is 550 Å². The van der Waals surface area contributed by atoms with E-state index in [2.05, 4.69) is 37.5 Å². The van der Waals surface area contributed by atoms with E-state index < -0.39 is 73.4 Å². The quantitative estimate of drug-likeness (QED) is 0.0182. The number of sulfone groups is 1. The van der Waals surface area contributed by atoms with E-state index in [9.17, 15) is 55.2 Å². The number of nitrogens with one attached hydrogen (secondary N) is 2. The molecule has 0 fully saturated rings. The summed E-state index contributed by atoms with van der Waals surface area (Å²) >= 11 is 0. The van der Waals surface area contributed by atoms with Gasteiger partial charge < -0.3 is 44.6 Å². The van der Waals surface area contributed by atoms with Crippen molar-refractivity contribution in [3.05, 3.63) is 129 Å². The fourth-order valence-electron chi connectivity index (χ4n) is 11.2. The number of unbranched alkanes of at least 4 members (excludes halogenated alkanes) is 1. The Balaban J connectivity index is 0.760. The summed E-state index contributed by atoms with van der Waals surface area (Å²) in [5, 5.41) is 10.1. The number of carbonyl (C=O) groups is 7. The van der Waals surface area contributed by atoms with Gasteiger partial charge in [-0.1, -0.05) is 49.1 Å². The van der Waals surface area contributed by atoms with Crippen molar-refractivity contribution in [1.82, 2.24) is 38.9 Å². The van der Waals surface area contributed by atoms with Crippen LogP contribution in [0.15, 0.2) is 89.3 Å². The first-order valence-corrected chi connectivity index (χ1v) is 34.9. The van der Waals surface area contributed by atoms with Crippen LogP contribution < -0.4 is 21.9 Å². The lowest BCUT2D eigenvalue weighted by atomic mass is 9.85. The molecule has 2 aliphatic heterocycles. The first-order chi connectivity index (χ1) is 45.3. The van der Waals surface area contributed by atoms with Gasteiger partial charge in [0.15, 0.2) is 11.6 Å². The SMILES string of the molecule is CC[C@@]1(OC(=O)OCc2ccc(NC(=O)[C@H](CCCNC(N)=O)CC(=O)COCC(=O)CCCOCCn3cc(CCC(=O)CCCC#Cc4cnc(S(C)(=O)=O)nc4)cn3)cc2)C(=O)OCc2c1cc1n(c2=O)Cc2c-1nc1ccccc1c2CCN(C(C)C)S(C)(=O)=O. The van der Waals surface area contributed by atoms with Crippen molar-refractivity contribution in [2.24, 2.45) is 11.7 Å². The number of primary amides is 1. The number of aromatic nitrogens is 6. The molecular formula is C66H78N10O17S2. The summed E-state index contributed by atoms with van der Waals surface area (Å²) in [6.45, 7) is 5.30. The number of hydrogen-bond acceptors (Lipinski definition) is 21. The molecule has 27 nitrogen and oxygen atoms in total. The molecule has 4 N–H and O–H groups in total. The average Bonchev–Trinajstić information content (AvgIpc) is 1.70. The van der Waals surface area contributed by atoms with Crippen molar-refractivity contribution in [3.8, 4) is 23.2 Å². The summed E-state index contributed by atoms with van der Waals surface area (Å²) in [6.07, 6.45) is 10.6. The molecule has 0 bridgehead atoms. The third-order valence-electron chi connectivity index (χ3n) is 16.0. The third-order valence-corrected chi connectivity index (χ3v) is 18.4. The van der Waals surface area contributed by atoms with E-state index in [4.69, 9.17) is 34.4 Å². The second-order valence-electron chi connectivity index (χ2n) is 23.5. The number of Topliss-reactive ketones (excluding diaryl/α,β-unsaturated/α-hetero) is 3. The average molecular weight is 1350 g/mol. The number of hydrogen-bond donors (Lipinski definition) is 3. The topological polar surface area (TPSA) is 366 Å². The molecule has 2 aliphatic rings. The monoisotopic (exact) mass is 1350 g/mol. The van der Waals surface area contributed by atoms with Gasteiger partial charge >= 0.3 is 18.2 Å². The predicted octanol–water partition coefficient (Wildman–Crippen LogP) is 5.81. The minimum atomic E-state index is -3.55. The van der Waals surface area contributed by atoms with E-state index >= 15 is 0 Å². The summed E-state index contributed by atoms with van der Waals surface area (Å²) in [6, 6.07) is 14.3. The van der Waals surface area contributed by atoms with Crippen LogP contribution in [0.25, 0.3) is 22.3 Å². The van der Waals surface area contributed by atoms with E-state index in [0.29, 0.717) is 105 Å². The number of carbonyl (C=O) groups excluding carboxylic acids is 7. The molecule has 6 aromatic rings. The van der Waals surface area contributed by atoms with Gasteiger partial charge in [-0.15, -0.1) is 0 Å². The van der Waals surface area contributed by atoms with Crippen LogP contribution in [-0.4, -0.2) is 150 Å². The van der Waals surface area contributed by atoms with Gasteiger partial charge in [0.2, 0.25) is 36.5 Å². The Morgan fingerprint density at radius 2 is 1.59 bits per heavy atom. The molecule has 29 heteroatoms. The van der Waals surface area contributed by atoms with Crippen molar-refractivity contribution in [2.75, 3.05) is 57.3 Å². The molecule has 2 atom stereocenters. The standard InChI is InChI=1S/C66H78N10O17S2/c1-6-66(56-33-58-59-54(38-75(58)61(81)55(56)42-91-62(66)82)52(53-18-10-11-19-57(53)73-59)26-28-76(43(2)3)95(5,87)88)93-65(84)92-39-44-20-23-48(24-21-44)72-60(80)47(15-12-27-68-63(67)83)32-51(79)41-90-40-50(78)17-13-30-89-31-29-74-37-46(36-71-74)22-25-49(77)16-9-7-8-14-45-34-69-64(70-35-45)94(4,85)86/h10-11,18-21,23-24,33-37,43,47H,6-7,9,12-13,15-17,22,25-32,38-42H2,1-5H3,(H,72,80)(H3,67,68,83)/t47-,66+/m1/s1. The molecule has 3 amide bonds. The highest BCUT2D eigenvalue weighted by Gasteiger charge is 2.51. The smallest absolute Gasteiger partial charge is 0.457 e. The highest BCUT2D eigenvalue weighted by molar-refractivity contribution is 7.90. The minimum absolute atomic E-state index is 0.100. The van der Waals surface area contributed by atoms with Crippen LogP contribution in [-0.2, 0) is 112 Å². The molecular weight excluding hydrogens is 1270 g/mol. The molecule has 0 saturated carbocycles. The van der Waals surface area contributed by atoms with E-state index in [0.717, 1.165) is 28.3 Å². The van der Waals surface area contributed by atoms with Gasteiger partial charge in [-0.3, -0.25) is 28.7 Å². The van der Waals surface area contributed by atoms with Gasteiger partial charge in [-0.25, -0.2) is 46.2 Å². The molecule has 4 aromatic heterocycles. The van der Waals surface area contributed by atoms with Crippen LogP contribution in [0.1, 0.15) is 124 Å². The van der Waals surface area contributed by atoms with Crippen LogP contribution in [0.3, 0.4) is 0 Å². The second kappa shape index (κ2) is 32.9. The molecule has 0 unspecified atom stereocenters. The second-order valence-corrected chi connectivity index (χ2v) is 27.3. The van der Waals surface area contributed by atoms with Crippen LogP contribution in [0, 0.1) is 17.8 Å². The van der Waals surface area contributed by atoms with E-state index in [1.165, 1.54) is 27.5 Å². The third kappa shape index (κ3) is 19.5. The summed E-state index contributed by atoms with van der Waals surface area (Å²) < 4.78 is 81.3. The Bertz CT molecular complexity index is 4180. The number of ether oxygens (including phenoxy) is 5. The number of para-hydroxylation sites is 1. The number of ketones is 3. The molecule has 95 heavy (non-hydrogen) atoms. The normalized spacial score (nSPS) is 14.5. The lowest BCUT2D eigenvalue weighted by Crippen LogP contribution is -2.47. The maximum absolute atomic E-state index is 14.4. The van der Waals surface area contributed by atoms with Crippen LogP contribution in [0.5, 0.6) is 0 Å². The molecule has 0 saturated heterocycles. The fourth-order valence-corrected chi connectivity index (χ4v) is 12.9. The van der Waals surface area contributed by atoms with Gasteiger partial charge in [-0.2, -0.15) is 9.40 Å². The number of amides is 3. The number of anilines is 1. The number of rotatable bonds is 35. The van der Waals surface area contributed by atoms with Crippen molar-refractivity contribution in [3.63, 3.8) is 0 Å². The highest BCUT2D eigenvalue weighted by atomic mass is 32.2. The highest BCUT2D eigenvalue weighted by Crippen LogP contribution is 2.42. The van der Waals surface area contributed by atoms with Crippen LogP contribution in [0.4, 0.5) is 15.3 Å². The number of pyridine rings is 2. The van der Waals surface area contributed by atoms with Crippen molar-refractivity contribution >= 4 is 77.9 Å². The van der Waals surface area contributed by atoms with E-state index in [1.807, 2.05) is 30.5 Å². The summed E-state index contributed by atoms with van der Waals surface area (Å²) in [7, 11) is -7.04. The molecule has 0 radical (unpaired) electrons. The summed E-state index contributed by atoms with van der Waals surface area (Å²) in [5.41, 5.74) is 8.14. The summed E-state index contributed by atoms with van der Waals surface area (Å²) in [4.78, 5) is 118. The number of urea groups is 1. The Morgan fingerprint density at radius 1 is 0.853 bits per heavy atom. The van der Waals surface area contributed by atoms with Crippen LogP contribution >= 0.6 is 0 Å². The zero-order valence-electron chi connectivity index (χ0n) is 53.7. The zero-order chi connectivity index (χ0) is 68.5. The Morgan fingerprint density at radius 3 is 2.31 bits per heavy atom. The van der Waals surface area contributed by atoms with Crippen molar-refractivity contribution < 1.29 is 74.1 Å². The van der Waals surface area contributed by atoms with Gasteiger partial charge in [0.05, 0.1) is 60.2 Å². The Hall–Kier alpha value is -9.08. The lowest BCUT2D eigenvalue weighted by Gasteiger charge is -2.35. The molecule has 0 spiro atoms. The first-order valence-electron chi connectivity index (χ1n) is 31.2. The number of esters is 1. The molecule has 0 aliphatic carbocycles. The first kappa shape index (κ1) is 71.8. The van der Waals surface area contributed by atoms with E-state index in [-0.39, 0.29) is 99.0 Å². The molecule has 2 aromatic carbocycles. The van der Waals surface area contributed by atoms with Gasteiger partial charge in [0.25, 0.3) is 5.56 Å². The van der Waals surface area contributed by atoms with Crippen molar-refractivity contribution in [2.45, 2.75) is 141 Å². The maximum atomic E-state index is 14.4. The number of fused-ring (bicyclic) bond motifs is 5. The van der Waals surface area contributed by atoms with Gasteiger partial charge in [-0.05, 0) is 99.7 Å². The minimum Gasteiger partial charge on any atom is -0.457 e. The molecule has 506 valence electrons. The molecule has 8 rings (SSSR count). The van der Waals surface area contributed by atoms with Crippen molar-refractivity contribution in [1.29, 1.82) is 0 Å². The van der Waals surface area contributed by atoms with E-state index in [1.54, 1.807) is 62.0 Å². The zero-order valence-corrected chi connectivity index (χ0v) is 55.3. The number of aryl methyl sites for hydroxylation is 1. The number of benzene rings is 2. The maximum Gasteiger partial charge on any atom is 0.510 e. The number of sulfonamides is 1. The Kier molecular flexibility index (Phi) is 24.8. The lowest BCUT2D eigenvalue weighted by molar-refractivity contribution is -0.175.